The molecule has 0 fully saturated rings. The van der Waals surface area contributed by atoms with Crippen LogP contribution in [0.5, 0.6) is 0 Å². The van der Waals surface area contributed by atoms with E-state index in [9.17, 15) is 0 Å². The maximum atomic E-state index is 5.79. The molecule has 2 N–H and O–H groups in total. The third-order valence-electron chi connectivity index (χ3n) is 5.68. The highest BCUT2D eigenvalue weighted by molar-refractivity contribution is 5.98. The summed E-state index contributed by atoms with van der Waals surface area (Å²) in [4.78, 5) is 13.7. The molecule has 0 unspecified atom stereocenters. The molecule has 7 heteroatoms. The van der Waals surface area contributed by atoms with E-state index in [2.05, 4.69) is 50.5 Å². The van der Waals surface area contributed by atoms with Crippen molar-refractivity contribution in [3.05, 3.63) is 97.0 Å². The lowest BCUT2D eigenvalue weighted by molar-refractivity contribution is 1.05. The minimum Gasteiger partial charge on any atom is -0.326 e. The zero-order valence-corrected chi connectivity index (χ0v) is 17.6. The quantitative estimate of drug-likeness (QED) is 0.442. The van der Waals surface area contributed by atoms with Crippen LogP contribution in [0.3, 0.4) is 0 Å². The average Bonchev–Trinajstić information content (AvgIpc) is 3.34. The largest absolute Gasteiger partial charge is 0.326 e. The summed E-state index contributed by atoms with van der Waals surface area (Å²) in [5.74, 6) is 1.12. The molecule has 7 nitrogen and oxygen atoms in total. The first-order valence-electron chi connectivity index (χ1n) is 10.6. The lowest BCUT2D eigenvalue weighted by atomic mass is 9.97. The van der Waals surface area contributed by atoms with Crippen molar-refractivity contribution in [2.45, 2.75) is 6.54 Å². The molecule has 0 spiro atoms. The highest BCUT2D eigenvalue weighted by Gasteiger charge is 2.17. The van der Waals surface area contributed by atoms with Gasteiger partial charge in [0.2, 0.25) is 5.82 Å². The molecule has 0 amide bonds. The molecule has 0 radical (unpaired) electrons. The molecule has 0 saturated heterocycles. The second kappa shape index (κ2) is 7.89. The lowest BCUT2D eigenvalue weighted by Crippen LogP contribution is -1.98. The molecule has 0 aliphatic rings. The molecular formula is C26H19N7. The minimum absolute atomic E-state index is 0.509. The molecular weight excluding hydrogens is 410 g/mol. The van der Waals surface area contributed by atoms with E-state index in [0.29, 0.717) is 23.8 Å². The van der Waals surface area contributed by atoms with Crippen molar-refractivity contribution in [2.24, 2.45) is 5.73 Å². The fourth-order valence-electron chi connectivity index (χ4n) is 4.02. The van der Waals surface area contributed by atoms with E-state index < -0.39 is 0 Å². The van der Waals surface area contributed by atoms with E-state index in [1.165, 1.54) is 0 Å². The van der Waals surface area contributed by atoms with Crippen LogP contribution in [0.2, 0.25) is 0 Å². The van der Waals surface area contributed by atoms with E-state index >= 15 is 0 Å². The van der Waals surface area contributed by atoms with E-state index in [-0.39, 0.29) is 0 Å². The fourth-order valence-corrected chi connectivity index (χ4v) is 4.02. The van der Waals surface area contributed by atoms with Crippen LogP contribution in [0.1, 0.15) is 5.56 Å². The summed E-state index contributed by atoms with van der Waals surface area (Å²) in [6, 6.07) is 24.4. The molecule has 4 aromatic heterocycles. The third-order valence-corrected chi connectivity index (χ3v) is 5.68. The maximum Gasteiger partial charge on any atom is 0.206 e. The molecule has 6 rings (SSSR count). The van der Waals surface area contributed by atoms with Crippen LogP contribution in [0, 0.1) is 0 Å². The van der Waals surface area contributed by atoms with Gasteiger partial charge < -0.3 is 5.73 Å². The molecule has 2 aromatic carbocycles. The van der Waals surface area contributed by atoms with E-state index in [1.807, 2.05) is 47.0 Å². The van der Waals surface area contributed by atoms with Gasteiger partial charge >= 0.3 is 0 Å². The molecule has 4 heterocycles. The zero-order chi connectivity index (χ0) is 22.2. The van der Waals surface area contributed by atoms with Crippen LogP contribution < -0.4 is 5.73 Å². The molecule has 33 heavy (non-hydrogen) atoms. The SMILES string of the molecule is NCc1ccc(-c2nc3ccn4c(-c5ncccn5)nnc4c3cc2-c2ccccc2)cc1. The molecule has 0 bridgehead atoms. The Morgan fingerprint density at radius 1 is 0.788 bits per heavy atom. The van der Waals surface area contributed by atoms with Gasteiger partial charge in [-0.05, 0) is 29.3 Å². The Hall–Kier alpha value is -4.49. The highest BCUT2D eigenvalue weighted by Crippen LogP contribution is 2.35. The van der Waals surface area contributed by atoms with Crippen LogP contribution in [-0.4, -0.2) is 29.5 Å². The van der Waals surface area contributed by atoms with Crippen LogP contribution in [0.4, 0.5) is 0 Å². The standard InChI is InChI=1S/C26H19N7/c27-16-17-7-9-19(10-8-17)23-20(18-5-2-1-3-6-18)15-21-22(30-23)11-14-33-25(21)31-32-26(33)24-28-12-4-13-29-24/h1-15H,16,27H2. The van der Waals surface area contributed by atoms with Crippen molar-refractivity contribution in [3.8, 4) is 34.0 Å². The third kappa shape index (κ3) is 3.31. The Labute approximate surface area is 189 Å². The minimum atomic E-state index is 0.509. The number of hydrogen-bond donors (Lipinski definition) is 1. The van der Waals surface area contributed by atoms with Crippen molar-refractivity contribution < 1.29 is 0 Å². The van der Waals surface area contributed by atoms with Gasteiger partial charge in [-0.1, -0.05) is 54.6 Å². The number of aromatic nitrogens is 6. The molecule has 158 valence electrons. The Balaban J connectivity index is 1.62. The zero-order valence-electron chi connectivity index (χ0n) is 17.6. The van der Waals surface area contributed by atoms with Gasteiger partial charge in [-0.15, -0.1) is 10.2 Å². The van der Waals surface area contributed by atoms with Crippen LogP contribution >= 0.6 is 0 Å². The van der Waals surface area contributed by atoms with Crippen molar-refractivity contribution in [1.29, 1.82) is 0 Å². The average molecular weight is 429 g/mol. The number of hydrogen-bond acceptors (Lipinski definition) is 6. The number of nitrogens with two attached hydrogens (primary N) is 1. The van der Waals surface area contributed by atoms with Gasteiger partial charge in [0.1, 0.15) is 0 Å². The predicted molar refractivity (Wildman–Crippen MR) is 128 cm³/mol. The van der Waals surface area contributed by atoms with Crippen molar-refractivity contribution in [1.82, 2.24) is 29.5 Å². The number of fused-ring (bicyclic) bond motifs is 3. The Morgan fingerprint density at radius 3 is 2.33 bits per heavy atom. The van der Waals surface area contributed by atoms with E-state index in [0.717, 1.165) is 38.9 Å². The molecule has 0 aliphatic carbocycles. The molecule has 6 aromatic rings. The van der Waals surface area contributed by atoms with Crippen molar-refractivity contribution in [2.75, 3.05) is 0 Å². The van der Waals surface area contributed by atoms with Gasteiger partial charge in [0.05, 0.1) is 11.2 Å². The summed E-state index contributed by atoms with van der Waals surface area (Å²) in [7, 11) is 0. The van der Waals surface area contributed by atoms with Gasteiger partial charge in [-0.2, -0.15) is 0 Å². The predicted octanol–water partition coefficient (Wildman–Crippen LogP) is 4.53. The summed E-state index contributed by atoms with van der Waals surface area (Å²) in [6.07, 6.45) is 5.31. The van der Waals surface area contributed by atoms with E-state index in [1.54, 1.807) is 18.5 Å². The molecule has 0 saturated carbocycles. The van der Waals surface area contributed by atoms with Crippen molar-refractivity contribution >= 4 is 16.6 Å². The molecule has 0 atom stereocenters. The number of nitrogens with zero attached hydrogens (tertiary/aromatic N) is 6. The highest BCUT2D eigenvalue weighted by atomic mass is 15.3. The van der Waals surface area contributed by atoms with Crippen LogP contribution in [0.25, 0.3) is 50.6 Å². The maximum absolute atomic E-state index is 5.79. The van der Waals surface area contributed by atoms with Gasteiger partial charge in [-0.3, -0.25) is 4.40 Å². The molecule has 0 aliphatic heterocycles. The van der Waals surface area contributed by atoms with Crippen LogP contribution in [-0.2, 0) is 6.54 Å². The number of rotatable bonds is 4. The fraction of sp³-hybridized carbons (Fsp3) is 0.0385. The monoisotopic (exact) mass is 429 g/mol. The first-order valence-corrected chi connectivity index (χ1v) is 10.6. The summed E-state index contributed by atoms with van der Waals surface area (Å²) in [5, 5.41) is 9.74. The smallest absolute Gasteiger partial charge is 0.206 e. The summed E-state index contributed by atoms with van der Waals surface area (Å²) < 4.78 is 1.91. The van der Waals surface area contributed by atoms with Crippen LogP contribution in [0.15, 0.2) is 91.4 Å². The number of benzene rings is 2. The second-order valence-corrected chi connectivity index (χ2v) is 7.69. The first kappa shape index (κ1) is 19.2. The van der Waals surface area contributed by atoms with Gasteiger partial charge in [0.25, 0.3) is 0 Å². The Bertz CT molecular complexity index is 1570. The number of pyridine rings is 2. The van der Waals surface area contributed by atoms with Gasteiger partial charge in [-0.25, -0.2) is 15.0 Å². The van der Waals surface area contributed by atoms with Gasteiger partial charge in [0.15, 0.2) is 11.5 Å². The summed E-state index contributed by atoms with van der Waals surface area (Å²) in [6.45, 7) is 0.509. The topological polar surface area (TPSA) is 94.9 Å². The van der Waals surface area contributed by atoms with Gasteiger partial charge in [0, 0.05) is 41.6 Å². The second-order valence-electron chi connectivity index (χ2n) is 7.69. The normalized spacial score (nSPS) is 11.3. The van der Waals surface area contributed by atoms with E-state index in [4.69, 9.17) is 10.7 Å². The van der Waals surface area contributed by atoms with Crippen molar-refractivity contribution in [3.63, 3.8) is 0 Å². The summed E-state index contributed by atoms with van der Waals surface area (Å²) >= 11 is 0. The lowest BCUT2D eigenvalue weighted by Gasteiger charge is -2.12. The Morgan fingerprint density at radius 2 is 1.58 bits per heavy atom. The summed E-state index contributed by atoms with van der Waals surface area (Å²) in [5.41, 5.74) is 12.5. The first-order chi connectivity index (χ1) is 16.3. The Kier molecular flexibility index (Phi) is 4.59.